The van der Waals surface area contributed by atoms with Crippen LogP contribution in [0, 0.1) is 0 Å². The average molecular weight is 247 g/mol. The highest BCUT2D eigenvalue weighted by Gasteiger charge is 2.06. The Labute approximate surface area is 85.0 Å². The number of hydrogen-bond acceptors (Lipinski definition) is 3. The van der Waals surface area contributed by atoms with E-state index in [2.05, 4.69) is 21.0 Å². The molecule has 13 heavy (non-hydrogen) atoms. The molecule has 0 aliphatic heterocycles. The van der Waals surface area contributed by atoms with Crippen LogP contribution in [0.3, 0.4) is 0 Å². The SMILES string of the molecule is COCCn1ncc(Br)c1CC=O. The zero-order chi connectivity index (χ0) is 9.68. The van der Waals surface area contributed by atoms with Crippen molar-refractivity contribution >= 4 is 22.2 Å². The maximum Gasteiger partial charge on any atom is 0.125 e. The lowest BCUT2D eigenvalue weighted by Crippen LogP contribution is -2.09. The van der Waals surface area contributed by atoms with Crippen LogP contribution in [0.25, 0.3) is 0 Å². The summed E-state index contributed by atoms with van der Waals surface area (Å²) in [6.07, 6.45) is 2.93. The summed E-state index contributed by atoms with van der Waals surface area (Å²) < 4.78 is 7.56. The minimum absolute atomic E-state index is 0.379. The number of carbonyl (C=O) groups excluding carboxylic acids is 1. The van der Waals surface area contributed by atoms with Crippen molar-refractivity contribution in [3.63, 3.8) is 0 Å². The lowest BCUT2D eigenvalue weighted by atomic mass is 10.3. The van der Waals surface area contributed by atoms with Gasteiger partial charge < -0.3 is 9.53 Å². The lowest BCUT2D eigenvalue weighted by molar-refractivity contribution is -0.107. The zero-order valence-electron chi connectivity index (χ0n) is 7.36. The monoisotopic (exact) mass is 246 g/mol. The van der Waals surface area contributed by atoms with Gasteiger partial charge in [-0.25, -0.2) is 0 Å². The van der Waals surface area contributed by atoms with Crippen molar-refractivity contribution in [2.24, 2.45) is 0 Å². The van der Waals surface area contributed by atoms with Gasteiger partial charge >= 0.3 is 0 Å². The number of nitrogens with zero attached hydrogens (tertiary/aromatic N) is 2. The molecule has 4 nitrogen and oxygen atoms in total. The minimum atomic E-state index is 0.379. The van der Waals surface area contributed by atoms with E-state index in [1.165, 1.54) is 0 Å². The summed E-state index contributed by atoms with van der Waals surface area (Å²) >= 11 is 3.33. The maximum absolute atomic E-state index is 10.4. The first kappa shape index (κ1) is 10.4. The summed E-state index contributed by atoms with van der Waals surface area (Å²) in [6, 6.07) is 0. The quantitative estimate of drug-likeness (QED) is 0.730. The fourth-order valence-corrected chi connectivity index (χ4v) is 1.50. The molecule has 0 bridgehead atoms. The van der Waals surface area contributed by atoms with Crippen molar-refractivity contribution < 1.29 is 9.53 Å². The molecule has 0 radical (unpaired) electrons. The van der Waals surface area contributed by atoms with Crippen molar-refractivity contribution in [1.82, 2.24) is 9.78 Å². The van der Waals surface area contributed by atoms with Crippen LogP contribution in [0.4, 0.5) is 0 Å². The number of halogens is 1. The molecule has 1 heterocycles. The molecular weight excluding hydrogens is 236 g/mol. The number of aldehydes is 1. The zero-order valence-corrected chi connectivity index (χ0v) is 8.95. The number of aromatic nitrogens is 2. The van der Waals surface area contributed by atoms with Crippen LogP contribution in [0.5, 0.6) is 0 Å². The Balaban J connectivity index is 2.74. The van der Waals surface area contributed by atoms with E-state index < -0.39 is 0 Å². The summed E-state index contributed by atoms with van der Waals surface area (Å²) in [7, 11) is 1.64. The number of rotatable bonds is 5. The lowest BCUT2D eigenvalue weighted by Gasteiger charge is -2.04. The van der Waals surface area contributed by atoms with E-state index in [1.807, 2.05) is 0 Å². The summed E-state index contributed by atoms with van der Waals surface area (Å²) in [5.41, 5.74) is 0.895. The average Bonchev–Trinajstić information content (AvgIpc) is 2.46. The third-order valence-electron chi connectivity index (χ3n) is 1.68. The molecule has 5 heteroatoms. The molecule has 0 saturated heterocycles. The van der Waals surface area contributed by atoms with E-state index in [0.29, 0.717) is 19.6 Å². The number of hydrogen-bond donors (Lipinski definition) is 0. The van der Waals surface area contributed by atoms with E-state index in [1.54, 1.807) is 18.0 Å². The molecule has 0 unspecified atom stereocenters. The van der Waals surface area contributed by atoms with Gasteiger partial charge in [0.15, 0.2) is 0 Å². The number of carbonyl (C=O) groups is 1. The van der Waals surface area contributed by atoms with Gasteiger partial charge in [0.2, 0.25) is 0 Å². The second kappa shape index (κ2) is 5.14. The molecule has 1 rings (SSSR count). The fraction of sp³-hybridized carbons (Fsp3) is 0.500. The van der Waals surface area contributed by atoms with Crippen LogP contribution in [-0.4, -0.2) is 29.8 Å². The van der Waals surface area contributed by atoms with Gasteiger partial charge in [-0.05, 0) is 15.9 Å². The van der Waals surface area contributed by atoms with Crippen LogP contribution in [-0.2, 0) is 22.5 Å². The van der Waals surface area contributed by atoms with E-state index in [0.717, 1.165) is 16.5 Å². The third-order valence-corrected chi connectivity index (χ3v) is 2.34. The Morgan fingerprint density at radius 3 is 3.15 bits per heavy atom. The fourth-order valence-electron chi connectivity index (χ4n) is 1.04. The minimum Gasteiger partial charge on any atom is -0.383 e. The topological polar surface area (TPSA) is 44.1 Å². The summed E-state index contributed by atoms with van der Waals surface area (Å²) in [4.78, 5) is 10.4. The molecule has 0 saturated carbocycles. The van der Waals surface area contributed by atoms with E-state index >= 15 is 0 Å². The summed E-state index contributed by atoms with van der Waals surface area (Å²) in [6.45, 7) is 1.27. The molecule has 0 atom stereocenters. The highest BCUT2D eigenvalue weighted by Crippen LogP contribution is 2.15. The van der Waals surface area contributed by atoms with Crippen molar-refractivity contribution in [1.29, 1.82) is 0 Å². The largest absolute Gasteiger partial charge is 0.383 e. The molecule has 0 amide bonds. The molecule has 1 aromatic rings. The van der Waals surface area contributed by atoms with Gasteiger partial charge in [0.25, 0.3) is 0 Å². The summed E-state index contributed by atoms with van der Waals surface area (Å²) in [5.74, 6) is 0. The van der Waals surface area contributed by atoms with E-state index in [-0.39, 0.29) is 0 Å². The van der Waals surface area contributed by atoms with Crippen LogP contribution in [0.15, 0.2) is 10.7 Å². The van der Waals surface area contributed by atoms with Crippen molar-refractivity contribution in [2.75, 3.05) is 13.7 Å². The molecule has 1 aromatic heterocycles. The second-order valence-corrected chi connectivity index (χ2v) is 3.38. The van der Waals surface area contributed by atoms with Crippen LogP contribution >= 0.6 is 15.9 Å². The van der Waals surface area contributed by atoms with Crippen molar-refractivity contribution in [3.05, 3.63) is 16.4 Å². The van der Waals surface area contributed by atoms with Crippen molar-refractivity contribution in [2.45, 2.75) is 13.0 Å². The first-order chi connectivity index (χ1) is 6.29. The van der Waals surface area contributed by atoms with Gasteiger partial charge in [0.1, 0.15) is 6.29 Å². The smallest absolute Gasteiger partial charge is 0.125 e. The number of methoxy groups -OCH3 is 1. The maximum atomic E-state index is 10.4. The molecule has 0 aliphatic rings. The van der Waals surface area contributed by atoms with E-state index in [9.17, 15) is 4.79 Å². The highest BCUT2D eigenvalue weighted by atomic mass is 79.9. The van der Waals surface area contributed by atoms with Gasteiger partial charge in [0, 0.05) is 13.5 Å². The van der Waals surface area contributed by atoms with Crippen molar-refractivity contribution in [3.8, 4) is 0 Å². The Hall–Kier alpha value is -0.680. The van der Waals surface area contributed by atoms with Crippen LogP contribution < -0.4 is 0 Å². The summed E-state index contributed by atoms with van der Waals surface area (Å²) in [5, 5.41) is 4.10. The van der Waals surface area contributed by atoms with Gasteiger partial charge in [-0.1, -0.05) is 0 Å². The molecule has 0 spiro atoms. The van der Waals surface area contributed by atoms with Gasteiger partial charge in [-0.15, -0.1) is 0 Å². The Kier molecular flexibility index (Phi) is 4.11. The molecule has 72 valence electrons. The molecule has 0 aromatic carbocycles. The first-order valence-corrected chi connectivity index (χ1v) is 4.71. The van der Waals surface area contributed by atoms with E-state index in [4.69, 9.17) is 4.74 Å². The van der Waals surface area contributed by atoms with Crippen LogP contribution in [0.1, 0.15) is 5.69 Å². The molecule has 0 N–H and O–H groups in total. The first-order valence-electron chi connectivity index (χ1n) is 3.92. The Bertz CT molecular complexity index is 286. The predicted molar refractivity (Wildman–Crippen MR) is 51.6 cm³/mol. The standard InChI is InChI=1S/C8H11BrN2O2/c1-13-5-3-11-8(2-4-12)7(9)6-10-11/h4,6H,2-3,5H2,1H3. The van der Waals surface area contributed by atoms with Crippen LogP contribution in [0.2, 0.25) is 0 Å². The van der Waals surface area contributed by atoms with Gasteiger partial charge in [0.05, 0.1) is 29.5 Å². The molecular formula is C8H11BrN2O2. The second-order valence-electron chi connectivity index (χ2n) is 2.53. The predicted octanol–water partition coefficient (Wildman–Crippen LogP) is 1.03. The van der Waals surface area contributed by atoms with Gasteiger partial charge in [-0.2, -0.15) is 5.10 Å². The molecule has 0 fully saturated rings. The Morgan fingerprint density at radius 1 is 1.77 bits per heavy atom. The normalized spacial score (nSPS) is 10.3. The third kappa shape index (κ3) is 2.63. The Morgan fingerprint density at radius 2 is 2.54 bits per heavy atom. The molecule has 0 aliphatic carbocycles. The number of ether oxygens (including phenoxy) is 1. The van der Waals surface area contributed by atoms with Gasteiger partial charge in [-0.3, -0.25) is 4.68 Å². The highest BCUT2D eigenvalue weighted by molar-refractivity contribution is 9.10.